The van der Waals surface area contributed by atoms with Crippen LogP contribution in [0.3, 0.4) is 0 Å². The molecular formula is C34H40ClF4NO2. The largest absolute Gasteiger partial charge is 0.466 e. The van der Waals surface area contributed by atoms with Crippen LogP contribution in [0.25, 0.3) is 11.1 Å². The highest BCUT2D eigenvalue weighted by molar-refractivity contribution is 6.30. The molecule has 42 heavy (non-hydrogen) atoms. The van der Waals surface area contributed by atoms with Gasteiger partial charge >= 0.3 is 12.1 Å². The van der Waals surface area contributed by atoms with Gasteiger partial charge in [0.25, 0.3) is 0 Å². The standard InChI is InChI=1S/C34H40ClF4NO2/c1-7-42-33(41)30(16-22(4)5)29-19-27(18-28(23(29)6)25-9-11-26(12-10-25)34(37,38)39)40(15-14-21(2)3)20-24-8-13-31(35)32(36)17-24/h8-13,17-19,21-22,30H,7,14-16,20H2,1-6H3. The second-order valence-electron chi connectivity index (χ2n) is 11.6. The summed E-state index contributed by atoms with van der Waals surface area (Å²) in [5, 5.41) is 0.0423. The van der Waals surface area contributed by atoms with Gasteiger partial charge in [0, 0.05) is 18.8 Å². The molecule has 0 saturated heterocycles. The minimum Gasteiger partial charge on any atom is -0.466 e. The van der Waals surface area contributed by atoms with Crippen molar-refractivity contribution in [2.24, 2.45) is 11.8 Å². The Bertz CT molecular complexity index is 1350. The van der Waals surface area contributed by atoms with Crippen LogP contribution in [0.1, 0.15) is 75.6 Å². The Morgan fingerprint density at radius 2 is 1.64 bits per heavy atom. The number of esters is 1. The Kier molecular flexibility index (Phi) is 11.5. The summed E-state index contributed by atoms with van der Waals surface area (Å²) in [7, 11) is 0. The maximum Gasteiger partial charge on any atom is 0.416 e. The van der Waals surface area contributed by atoms with Gasteiger partial charge in [-0.2, -0.15) is 13.2 Å². The molecule has 1 atom stereocenters. The first-order valence-corrected chi connectivity index (χ1v) is 14.8. The summed E-state index contributed by atoms with van der Waals surface area (Å²) in [6.45, 7) is 13.2. The molecule has 0 spiro atoms. The Hall–Kier alpha value is -3.06. The van der Waals surface area contributed by atoms with Crippen LogP contribution < -0.4 is 4.90 Å². The second kappa shape index (κ2) is 14.4. The number of alkyl halides is 3. The van der Waals surface area contributed by atoms with E-state index in [0.717, 1.165) is 46.5 Å². The average Bonchev–Trinajstić information content (AvgIpc) is 2.91. The van der Waals surface area contributed by atoms with Crippen LogP contribution in [0, 0.1) is 24.6 Å². The van der Waals surface area contributed by atoms with Crippen LogP contribution in [0.15, 0.2) is 54.6 Å². The number of rotatable bonds is 12. The lowest BCUT2D eigenvalue weighted by Crippen LogP contribution is -2.26. The fraction of sp³-hybridized carbons (Fsp3) is 0.441. The normalized spacial score (nSPS) is 12.6. The topological polar surface area (TPSA) is 29.5 Å². The van der Waals surface area contributed by atoms with E-state index >= 15 is 0 Å². The number of hydrogen-bond donors (Lipinski definition) is 0. The molecule has 0 aliphatic carbocycles. The summed E-state index contributed by atoms with van der Waals surface area (Å²) in [6, 6.07) is 13.7. The van der Waals surface area contributed by atoms with E-state index in [0.29, 0.717) is 31.0 Å². The number of carbonyl (C=O) groups is 1. The summed E-state index contributed by atoms with van der Waals surface area (Å²) in [5.41, 5.74) is 3.70. The first-order valence-electron chi connectivity index (χ1n) is 14.4. The van der Waals surface area contributed by atoms with Crippen LogP contribution >= 0.6 is 11.6 Å². The SMILES string of the molecule is CCOC(=O)C(CC(C)C)c1cc(N(CCC(C)C)Cc2ccc(Cl)c(F)c2)cc(-c2ccc(C(F)(F)F)cc2)c1C. The second-order valence-corrected chi connectivity index (χ2v) is 12.0. The molecule has 0 bridgehead atoms. The van der Waals surface area contributed by atoms with E-state index in [-0.39, 0.29) is 23.5 Å². The summed E-state index contributed by atoms with van der Waals surface area (Å²) < 4.78 is 59.9. The van der Waals surface area contributed by atoms with Crippen molar-refractivity contribution >= 4 is 23.3 Å². The number of carbonyl (C=O) groups excluding carboxylic acids is 1. The van der Waals surface area contributed by atoms with E-state index in [1.54, 1.807) is 13.0 Å². The van der Waals surface area contributed by atoms with Crippen molar-refractivity contribution in [2.45, 2.75) is 73.0 Å². The molecule has 3 rings (SSSR count). The Morgan fingerprint density at radius 3 is 2.19 bits per heavy atom. The van der Waals surface area contributed by atoms with Crippen molar-refractivity contribution < 1.29 is 27.1 Å². The van der Waals surface area contributed by atoms with Crippen molar-refractivity contribution in [3.05, 3.63) is 87.7 Å². The summed E-state index contributed by atoms with van der Waals surface area (Å²) in [4.78, 5) is 15.4. The number of ether oxygens (including phenoxy) is 1. The first-order chi connectivity index (χ1) is 19.7. The third-order valence-corrected chi connectivity index (χ3v) is 7.61. The Balaban J connectivity index is 2.24. The molecule has 3 aromatic carbocycles. The van der Waals surface area contributed by atoms with E-state index < -0.39 is 23.5 Å². The molecule has 0 heterocycles. The maximum absolute atomic E-state index is 14.4. The third-order valence-electron chi connectivity index (χ3n) is 7.31. The van der Waals surface area contributed by atoms with Crippen molar-refractivity contribution in [1.29, 1.82) is 0 Å². The van der Waals surface area contributed by atoms with Crippen LogP contribution in [-0.2, 0) is 22.3 Å². The fourth-order valence-corrected chi connectivity index (χ4v) is 5.16. The number of halogens is 5. The molecule has 3 aromatic rings. The predicted octanol–water partition coefficient (Wildman–Crippen LogP) is 10.2. The van der Waals surface area contributed by atoms with Gasteiger partial charge in [0.2, 0.25) is 0 Å². The van der Waals surface area contributed by atoms with Gasteiger partial charge in [-0.1, -0.05) is 57.5 Å². The van der Waals surface area contributed by atoms with Gasteiger partial charge < -0.3 is 9.64 Å². The Labute approximate surface area is 251 Å². The lowest BCUT2D eigenvalue weighted by Gasteiger charge is -2.30. The number of benzene rings is 3. The van der Waals surface area contributed by atoms with Crippen molar-refractivity contribution in [2.75, 3.05) is 18.1 Å². The highest BCUT2D eigenvalue weighted by Gasteiger charge is 2.31. The lowest BCUT2D eigenvalue weighted by atomic mass is 9.84. The zero-order chi connectivity index (χ0) is 31.2. The number of hydrogen-bond acceptors (Lipinski definition) is 3. The van der Waals surface area contributed by atoms with Crippen LogP contribution in [-0.4, -0.2) is 19.1 Å². The molecule has 3 nitrogen and oxygen atoms in total. The van der Waals surface area contributed by atoms with E-state index in [2.05, 4.69) is 18.7 Å². The monoisotopic (exact) mass is 605 g/mol. The molecule has 228 valence electrons. The van der Waals surface area contributed by atoms with E-state index in [1.165, 1.54) is 24.3 Å². The highest BCUT2D eigenvalue weighted by atomic mass is 35.5. The molecule has 0 N–H and O–H groups in total. The van der Waals surface area contributed by atoms with Crippen LogP contribution in [0.5, 0.6) is 0 Å². The van der Waals surface area contributed by atoms with E-state index in [4.69, 9.17) is 16.3 Å². The fourth-order valence-electron chi connectivity index (χ4n) is 5.04. The summed E-state index contributed by atoms with van der Waals surface area (Å²) >= 11 is 5.93. The summed E-state index contributed by atoms with van der Waals surface area (Å²) in [5.74, 6) is -0.822. The zero-order valence-corrected chi connectivity index (χ0v) is 25.9. The lowest BCUT2D eigenvalue weighted by molar-refractivity contribution is -0.145. The van der Waals surface area contributed by atoms with Crippen LogP contribution in [0.4, 0.5) is 23.2 Å². The highest BCUT2D eigenvalue weighted by Crippen LogP contribution is 2.39. The molecule has 0 aliphatic heterocycles. The average molecular weight is 606 g/mol. The summed E-state index contributed by atoms with van der Waals surface area (Å²) in [6.07, 6.45) is -3.06. The maximum atomic E-state index is 14.4. The molecule has 1 unspecified atom stereocenters. The zero-order valence-electron chi connectivity index (χ0n) is 25.1. The molecule has 0 saturated carbocycles. The van der Waals surface area contributed by atoms with Gasteiger partial charge in [-0.25, -0.2) is 4.39 Å². The van der Waals surface area contributed by atoms with Crippen molar-refractivity contribution in [3.8, 4) is 11.1 Å². The molecule has 8 heteroatoms. The van der Waals surface area contributed by atoms with Gasteiger partial charge in [0.1, 0.15) is 5.82 Å². The van der Waals surface area contributed by atoms with Gasteiger partial charge in [0.15, 0.2) is 0 Å². The smallest absolute Gasteiger partial charge is 0.416 e. The van der Waals surface area contributed by atoms with Crippen molar-refractivity contribution in [3.63, 3.8) is 0 Å². The van der Waals surface area contributed by atoms with Gasteiger partial charge in [-0.05, 0) is 103 Å². The van der Waals surface area contributed by atoms with Crippen LogP contribution in [0.2, 0.25) is 5.02 Å². The molecular weight excluding hydrogens is 566 g/mol. The molecule has 0 fully saturated rings. The third kappa shape index (κ3) is 8.73. The van der Waals surface area contributed by atoms with Gasteiger partial charge in [0.05, 0.1) is 23.1 Å². The quantitative estimate of drug-likeness (QED) is 0.152. The molecule has 0 radical (unpaired) electrons. The van der Waals surface area contributed by atoms with Gasteiger partial charge in [-0.3, -0.25) is 4.79 Å². The minimum absolute atomic E-state index is 0.0423. The Morgan fingerprint density at radius 1 is 0.976 bits per heavy atom. The number of nitrogens with zero attached hydrogens (tertiary/aromatic N) is 1. The molecule has 0 aromatic heterocycles. The first kappa shape index (κ1) is 33.4. The minimum atomic E-state index is -4.45. The van der Waals surface area contributed by atoms with Crippen molar-refractivity contribution in [1.82, 2.24) is 0 Å². The van der Waals surface area contributed by atoms with Gasteiger partial charge in [-0.15, -0.1) is 0 Å². The number of anilines is 1. The molecule has 0 aliphatic rings. The predicted molar refractivity (Wildman–Crippen MR) is 162 cm³/mol. The van der Waals surface area contributed by atoms with E-state index in [9.17, 15) is 22.4 Å². The molecule has 0 amide bonds. The van der Waals surface area contributed by atoms with E-state index in [1.807, 2.05) is 32.9 Å².